The van der Waals surface area contributed by atoms with Crippen molar-refractivity contribution < 1.29 is 22.7 Å². The molecule has 1 aromatic rings. The third-order valence-electron chi connectivity index (χ3n) is 1.49. The number of benzene rings is 1. The molecule has 0 spiro atoms. The molecule has 0 bridgehead atoms. The third kappa shape index (κ3) is 3.12. The van der Waals surface area contributed by atoms with Crippen molar-refractivity contribution in [3.63, 3.8) is 0 Å². The highest BCUT2D eigenvalue weighted by Gasteiger charge is 2.32. The highest BCUT2D eigenvalue weighted by atomic mass is 79.9. The fraction of sp³-hybridized carbons (Fsp3) is 0.125. The first kappa shape index (κ1) is 11.8. The summed E-state index contributed by atoms with van der Waals surface area (Å²) in [5, 5.41) is 0. The van der Waals surface area contributed by atoms with E-state index in [0.717, 1.165) is 12.1 Å². The number of nitrogens with two attached hydrogens (primary N) is 1. The van der Waals surface area contributed by atoms with Crippen molar-refractivity contribution in [2.24, 2.45) is 0 Å². The van der Waals surface area contributed by atoms with Crippen molar-refractivity contribution in [2.75, 3.05) is 5.73 Å². The molecule has 0 aromatic heterocycles. The highest BCUT2D eigenvalue weighted by molar-refractivity contribution is 9.10. The zero-order valence-corrected chi connectivity index (χ0v) is 8.72. The van der Waals surface area contributed by atoms with Crippen LogP contribution in [0.4, 0.5) is 18.9 Å². The third-order valence-corrected chi connectivity index (χ3v) is 2.11. The summed E-state index contributed by atoms with van der Waals surface area (Å²) in [6.07, 6.45) is -4.35. The molecular weight excluding hydrogens is 279 g/mol. The summed E-state index contributed by atoms with van der Waals surface area (Å²) in [5.41, 5.74) is 5.34. The molecule has 1 aromatic carbocycles. The number of ether oxygens (including phenoxy) is 1. The maximum absolute atomic E-state index is 11.9. The van der Waals surface area contributed by atoms with Gasteiger partial charge in [0.1, 0.15) is 5.75 Å². The smallest absolute Gasteiger partial charge is 0.405 e. The minimum absolute atomic E-state index is 0.0103. The lowest BCUT2D eigenvalue weighted by Crippen LogP contribution is -2.17. The predicted octanol–water partition coefficient (Wildman–Crippen LogP) is 2.74. The minimum Gasteiger partial charge on any atom is -0.405 e. The van der Waals surface area contributed by atoms with Crippen LogP contribution >= 0.6 is 15.9 Å². The number of aldehydes is 1. The summed E-state index contributed by atoms with van der Waals surface area (Å²) in [6.45, 7) is 0. The van der Waals surface area contributed by atoms with Crippen LogP contribution in [0.15, 0.2) is 16.6 Å². The number of anilines is 1. The number of hydrogen-bond acceptors (Lipinski definition) is 3. The van der Waals surface area contributed by atoms with Gasteiger partial charge in [-0.05, 0) is 22.0 Å². The molecule has 15 heavy (non-hydrogen) atoms. The van der Waals surface area contributed by atoms with Gasteiger partial charge in [-0.3, -0.25) is 4.79 Å². The van der Waals surface area contributed by atoms with Crippen molar-refractivity contribution >= 4 is 27.9 Å². The maximum atomic E-state index is 11.9. The Morgan fingerprint density at radius 1 is 1.40 bits per heavy atom. The topological polar surface area (TPSA) is 52.3 Å². The van der Waals surface area contributed by atoms with Gasteiger partial charge < -0.3 is 10.5 Å². The average Bonchev–Trinajstić information content (AvgIpc) is 2.08. The van der Waals surface area contributed by atoms with Crippen molar-refractivity contribution in [1.29, 1.82) is 0 Å². The first-order chi connectivity index (χ1) is 6.83. The van der Waals surface area contributed by atoms with E-state index in [4.69, 9.17) is 5.73 Å². The van der Waals surface area contributed by atoms with Crippen molar-refractivity contribution in [1.82, 2.24) is 0 Å². The predicted molar refractivity (Wildman–Crippen MR) is 50.6 cm³/mol. The Balaban J connectivity index is 3.11. The van der Waals surface area contributed by atoms with E-state index in [-0.39, 0.29) is 15.7 Å². The Morgan fingerprint density at radius 2 is 2.00 bits per heavy atom. The first-order valence-corrected chi connectivity index (χ1v) is 4.42. The van der Waals surface area contributed by atoms with Crippen LogP contribution in [0, 0.1) is 0 Å². The van der Waals surface area contributed by atoms with Gasteiger partial charge in [0, 0.05) is 17.3 Å². The summed E-state index contributed by atoms with van der Waals surface area (Å²) in [4.78, 5) is 10.4. The first-order valence-electron chi connectivity index (χ1n) is 3.63. The van der Waals surface area contributed by atoms with E-state index in [2.05, 4.69) is 20.7 Å². The standard InChI is InChI=1S/C8H5BrF3NO2/c9-5-1-4(3-14)6(13)2-7(5)15-8(10,11)12/h1-3H,13H2. The highest BCUT2D eigenvalue weighted by Crippen LogP contribution is 2.33. The normalized spacial score (nSPS) is 11.2. The van der Waals surface area contributed by atoms with Crippen LogP contribution in [0.3, 0.4) is 0 Å². The number of hydrogen-bond donors (Lipinski definition) is 1. The molecule has 2 N–H and O–H groups in total. The minimum atomic E-state index is -4.79. The van der Waals surface area contributed by atoms with Crippen molar-refractivity contribution in [3.05, 3.63) is 22.2 Å². The van der Waals surface area contributed by atoms with Gasteiger partial charge in [-0.2, -0.15) is 0 Å². The quantitative estimate of drug-likeness (QED) is 0.671. The molecular formula is C8H5BrF3NO2. The van der Waals surface area contributed by atoms with Gasteiger partial charge in [-0.25, -0.2) is 0 Å². The molecule has 82 valence electrons. The molecule has 3 nitrogen and oxygen atoms in total. The van der Waals surface area contributed by atoms with E-state index in [9.17, 15) is 18.0 Å². The van der Waals surface area contributed by atoms with Crippen LogP contribution < -0.4 is 10.5 Å². The number of carbonyl (C=O) groups is 1. The van der Waals surface area contributed by atoms with E-state index < -0.39 is 12.1 Å². The molecule has 0 aliphatic carbocycles. The monoisotopic (exact) mass is 283 g/mol. The fourth-order valence-corrected chi connectivity index (χ4v) is 1.33. The molecule has 1 rings (SSSR count). The van der Waals surface area contributed by atoms with E-state index in [1.807, 2.05) is 0 Å². The molecule has 0 amide bonds. The summed E-state index contributed by atoms with van der Waals surface area (Å²) in [7, 11) is 0. The van der Waals surface area contributed by atoms with Crippen molar-refractivity contribution in [2.45, 2.75) is 6.36 Å². The largest absolute Gasteiger partial charge is 0.573 e. The molecule has 0 fully saturated rings. The van der Waals surface area contributed by atoms with E-state index in [1.165, 1.54) is 0 Å². The molecule has 0 heterocycles. The Morgan fingerprint density at radius 3 is 2.47 bits per heavy atom. The number of rotatable bonds is 2. The summed E-state index contributed by atoms with van der Waals surface area (Å²) < 4.78 is 39.3. The van der Waals surface area contributed by atoms with Gasteiger partial charge >= 0.3 is 6.36 Å². The second-order valence-electron chi connectivity index (χ2n) is 2.58. The van der Waals surface area contributed by atoms with Gasteiger partial charge in [0.25, 0.3) is 0 Å². The molecule has 0 aliphatic rings. The zero-order chi connectivity index (χ0) is 11.6. The average molecular weight is 284 g/mol. The number of nitrogen functional groups attached to an aromatic ring is 1. The van der Waals surface area contributed by atoms with Gasteiger partial charge in [-0.1, -0.05) is 0 Å². The van der Waals surface area contributed by atoms with Gasteiger partial charge in [0.2, 0.25) is 0 Å². The van der Waals surface area contributed by atoms with Crippen LogP contribution in [0.1, 0.15) is 10.4 Å². The van der Waals surface area contributed by atoms with E-state index in [1.54, 1.807) is 0 Å². The SMILES string of the molecule is Nc1cc(OC(F)(F)F)c(Br)cc1C=O. The van der Waals surface area contributed by atoms with E-state index >= 15 is 0 Å². The van der Waals surface area contributed by atoms with Crippen LogP contribution in [0.2, 0.25) is 0 Å². The summed E-state index contributed by atoms with van der Waals surface area (Å²) in [5.74, 6) is -0.481. The Hall–Kier alpha value is -1.24. The lowest BCUT2D eigenvalue weighted by Gasteiger charge is -2.11. The molecule has 0 aliphatic heterocycles. The fourth-order valence-electron chi connectivity index (χ4n) is 0.889. The van der Waals surface area contributed by atoms with Crippen LogP contribution in [-0.4, -0.2) is 12.6 Å². The number of halogens is 4. The summed E-state index contributed by atoms with van der Waals surface area (Å²) >= 11 is 2.84. The Labute approximate surface area is 91.1 Å². The van der Waals surface area contributed by atoms with Gasteiger partial charge in [0.15, 0.2) is 6.29 Å². The molecule has 7 heteroatoms. The lowest BCUT2D eigenvalue weighted by molar-refractivity contribution is -0.274. The molecule has 0 atom stereocenters. The molecule has 0 saturated carbocycles. The van der Waals surface area contributed by atoms with Gasteiger partial charge in [-0.15, -0.1) is 13.2 Å². The Kier molecular flexibility index (Phi) is 3.23. The molecule has 0 radical (unpaired) electrons. The second-order valence-corrected chi connectivity index (χ2v) is 3.43. The lowest BCUT2D eigenvalue weighted by atomic mass is 10.2. The molecule has 0 unspecified atom stereocenters. The van der Waals surface area contributed by atoms with Crippen LogP contribution in [-0.2, 0) is 0 Å². The zero-order valence-electron chi connectivity index (χ0n) is 7.14. The Bertz CT molecular complexity index is 392. The van der Waals surface area contributed by atoms with Crippen molar-refractivity contribution in [3.8, 4) is 5.75 Å². The van der Waals surface area contributed by atoms with Crippen LogP contribution in [0.25, 0.3) is 0 Å². The van der Waals surface area contributed by atoms with E-state index in [0.29, 0.717) is 6.29 Å². The number of alkyl halides is 3. The second kappa shape index (κ2) is 4.09. The maximum Gasteiger partial charge on any atom is 0.573 e. The van der Waals surface area contributed by atoms with Gasteiger partial charge in [0.05, 0.1) is 4.47 Å². The van der Waals surface area contributed by atoms with Crippen LogP contribution in [0.5, 0.6) is 5.75 Å². The summed E-state index contributed by atoms with van der Waals surface area (Å²) in [6, 6.07) is 2.09. The number of carbonyl (C=O) groups excluding carboxylic acids is 1. The molecule has 0 saturated heterocycles.